The van der Waals surface area contributed by atoms with E-state index in [1.54, 1.807) is 0 Å². The molecule has 132 valence electrons. The van der Waals surface area contributed by atoms with Crippen LogP contribution in [-0.2, 0) is 9.59 Å². The van der Waals surface area contributed by atoms with E-state index in [2.05, 4.69) is 19.2 Å². The van der Waals surface area contributed by atoms with E-state index in [0.717, 1.165) is 6.42 Å². The second kappa shape index (κ2) is 8.42. The Morgan fingerprint density at radius 3 is 2.12 bits per heavy atom. The quantitative estimate of drug-likeness (QED) is 0.776. The number of halogens is 1. The van der Waals surface area contributed by atoms with Crippen molar-refractivity contribution in [2.45, 2.75) is 38.5 Å². The summed E-state index contributed by atoms with van der Waals surface area (Å²) >= 11 is 0. The van der Waals surface area contributed by atoms with Gasteiger partial charge < -0.3 is 10.4 Å². The largest absolute Gasteiger partial charge is 0.481 e. The Kier molecular flexibility index (Phi) is 6.28. The molecule has 0 saturated heterocycles. The molecule has 0 aromatic heterocycles. The van der Waals surface area contributed by atoms with Gasteiger partial charge in [-0.1, -0.05) is 38.1 Å². The number of nitrogens with one attached hydrogen (secondary N) is 1. The molecule has 0 heterocycles. The van der Waals surface area contributed by atoms with Gasteiger partial charge in [0.15, 0.2) is 0 Å². The highest BCUT2D eigenvalue weighted by molar-refractivity contribution is 5.94. The number of carbonyl (C=O) groups is 2. The number of hydrogen-bond acceptors (Lipinski definition) is 2. The Hall–Kier alpha value is -2.69. The Bertz CT molecular complexity index is 726. The van der Waals surface area contributed by atoms with Gasteiger partial charge in [-0.3, -0.25) is 9.59 Å². The highest BCUT2D eigenvalue weighted by Crippen LogP contribution is 2.23. The van der Waals surface area contributed by atoms with E-state index >= 15 is 0 Å². The van der Waals surface area contributed by atoms with Crippen LogP contribution in [0.5, 0.6) is 0 Å². The number of rotatable bonds is 7. The first-order valence-electron chi connectivity index (χ1n) is 8.28. The normalized spacial score (nSPS) is 13.1. The molecule has 2 aromatic rings. The molecule has 0 aliphatic rings. The first-order chi connectivity index (χ1) is 11.9. The van der Waals surface area contributed by atoms with Gasteiger partial charge in [-0.2, -0.15) is 0 Å². The van der Waals surface area contributed by atoms with Gasteiger partial charge in [0.05, 0.1) is 5.92 Å². The van der Waals surface area contributed by atoms with Gasteiger partial charge in [0.1, 0.15) is 5.82 Å². The summed E-state index contributed by atoms with van der Waals surface area (Å²) in [4.78, 5) is 23.6. The van der Waals surface area contributed by atoms with E-state index in [-0.39, 0.29) is 6.42 Å². The van der Waals surface area contributed by atoms with Crippen LogP contribution in [0.3, 0.4) is 0 Å². The van der Waals surface area contributed by atoms with Crippen LogP contribution in [-0.4, -0.2) is 17.0 Å². The van der Waals surface area contributed by atoms with Crippen LogP contribution in [0, 0.1) is 5.82 Å². The topological polar surface area (TPSA) is 66.4 Å². The molecule has 0 fully saturated rings. The number of carboxylic acids is 1. The Labute approximate surface area is 146 Å². The fourth-order valence-electron chi connectivity index (χ4n) is 2.57. The molecule has 0 radical (unpaired) electrons. The number of benzene rings is 2. The van der Waals surface area contributed by atoms with Crippen LogP contribution in [0.15, 0.2) is 48.5 Å². The SMILES string of the molecule is CC[C@H](C)c1ccc(NC(=O)C[C@@H](C(=O)O)c2ccc(F)cc2)cc1. The number of amides is 1. The molecule has 2 rings (SSSR count). The Morgan fingerprint density at radius 2 is 1.60 bits per heavy atom. The molecular formula is C20H22FNO3. The van der Waals surface area contributed by atoms with Crippen molar-refractivity contribution < 1.29 is 19.1 Å². The van der Waals surface area contributed by atoms with Crippen LogP contribution in [0.25, 0.3) is 0 Å². The molecule has 4 nitrogen and oxygen atoms in total. The van der Waals surface area contributed by atoms with Gasteiger partial charge in [-0.25, -0.2) is 4.39 Å². The molecule has 2 N–H and O–H groups in total. The molecule has 2 aromatic carbocycles. The van der Waals surface area contributed by atoms with Crippen LogP contribution in [0.1, 0.15) is 49.7 Å². The highest BCUT2D eigenvalue weighted by atomic mass is 19.1. The molecule has 0 aliphatic heterocycles. The monoisotopic (exact) mass is 343 g/mol. The average Bonchev–Trinajstić information content (AvgIpc) is 2.60. The predicted octanol–water partition coefficient (Wildman–Crippen LogP) is 4.54. The van der Waals surface area contributed by atoms with Gasteiger partial charge in [0.2, 0.25) is 5.91 Å². The Morgan fingerprint density at radius 1 is 1.04 bits per heavy atom. The van der Waals surface area contributed by atoms with Crippen LogP contribution in [0.4, 0.5) is 10.1 Å². The van der Waals surface area contributed by atoms with Crippen molar-refractivity contribution in [2.75, 3.05) is 5.32 Å². The molecule has 0 saturated carbocycles. The zero-order valence-corrected chi connectivity index (χ0v) is 14.3. The van der Waals surface area contributed by atoms with Gasteiger partial charge >= 0.3 is 5.97 Å². The third-order valence-electron chi connectivity index (χ3n) is 4.34. The summed E-state index contributed by atoms with van der Waals surface area (Å²) in [6.45, 7) is 4.25. The summed E-state index contributed by atoms with van der Waals surface area (Å²) in [5, 5.41) is 12.1. The van der Waals surface area contributed by atoms with Crippen molar-refractivity contribution in [3.05, 3.63) is 65.5 Å². The van der Waals surface area contributed by atoms with Crippen molar-refractivity contribution in [3.8, 4) is 0 Å². The zero-order chi connectivity index (χ0) is 18.4. The second-order valence-electron chi connectivity index (χ2n) is 6.13. The van der Waals surface area contributed by atoms with E-state index in [4.69, 9.17) is 0 Å². The third-order valence-corrected chi connectivity index (χ3v) is 4.34. The van der Waals surface area contributed by atoms with E-state index in [9.17, 15) is 19.1 Å². The average molecular weight is 343 g/mol. The number of hydrogen-bond donors (Lipinski definition) is 2. The summed E-state index contributed by atoms with van der Waals surface area (Å²) in [6, 6.07) is 12.7. The maximum atomic E-state index is 13.0. The zero-order valence-electron chi connectivity index (χ0n) is 14.3. The van der Waals surface area contributed by atoms with Crippen molar-refractivity contribution in [3.63, 3.8) is 0 Å². The van der Waals surface area contributed by atoms with Crippen molar-refractivity contribution in [1.29, 1.82) is 0 Å². The lowest BCUT2D eigenvalue weighted by Crippen LogP contribution is -2.21. The van der Waals surface area contributed by atoms with Gasteiger partial charge in [-0.15, -0.1) is 0 Å². The number of carbonyl (C=O) groups excluding carboxylic acids is 1. The lowest BCUT2D eigenvalue weighted by atomic mass is 9.95. The summed E-state index contributed by atoms with van der Waals surface area (Å²) in [5.41, 5.74) is 2.21. The van der Waals surface area contributed by atoms with E-state index in [1.165, 1.54) is 29.8 Å². The minimum Gasteiger partial charge on any atom is -0.481 e. The third kappa shape index (κ3) is 5.14. The molecular weight excluding hydrogens is 321 g/mol. The molecule has 2 atom stereocenters. The van der Waals surface area contributed by atoms with Crippen LogP contribution in [0.2, 0.25) is 0 Å². The fourth-order valence-corrected chi connectivity index (χ4v) is 2.57. The number of aliphatic carboxylic acids is 1. The Balaban J connectivity index is 2.04. The highest BCUT2D eigenvalue weighted by Gasteiger charge is 2.23. The first kappa shape index (κ1) is 18.6. The van der Waals surface area contributed by atoms with Crippen LogP contribution < -0.4 is 5.32 Å². The minimum atomic E-state index is -1.12. The summed E-state index contributed by atoms with van der Waals surface area (Å²) < 4.78 is 13.0. The molecule has 0 spiro atoms. The van der Waals surface area contributed by atoms with Crippen molar-refractivity contribution in [2.24, 2.45) is 0 Å². The summed E-state index contributed by atoms with van der Waals surface area (Å²) in [5.74, 6) is -2.53. The number of anilines is 1. The maximum Gasteiger partial charge on any atom is 0.311 e. The molecule has 1 amide bonds. The van der Waals surface area contributed by atoms with Crippen LogP contribution >= 0.6 is 0 Å². The lowest BCUT2D eigenvalue weighted by Gasteiger charge is -2.14. The van der Waals surface area contributed by atoms with E-state index in [0.29, 0.717) is 17.2 Å². The second-order valence-corrected chi connectivity index (χ2v) is 6.13. The van der Waals surface area contributed by atoms with Gasteiger partial charge in [0, 0.05) is 12.1 Å². The van der Waals surface area contributed by atoms with Gasteiger partial charge in [-0.05, 0) is 47.7 Å². The lowest BCUT2D eigenvalue weighted by molar-refractivity contribution is -0.140. The molecule has 5 heteroatoms. The van der Waals surface area contributed by atoms with Crippen molar-refractivity contribution in [1.82, 2.24) is 0 Å². The summed E-state index contributed by atoms with van der Waals surface area (Å²) in [6.07, 6.45) is 0.817. The van der Waals surface area contributed by atoms with Gasteiger partial charge in [0.25, 0.3) is 0 Å². The number of carboxylic acid groups (broad SMARTS) is 1. The predicted molar refractivity (Wildman–Crippen MR) is 95.2 cm³/mol. The minimum absolute atomic E-state index is 0.214. The molecule has 25 heavy (non-hydrogen) atoms. The van der Waals surface area contributed by atoms with E-state index in [1.807, 2.05) is 24.3 Å². The van der Waals surface area contributed by atoms with Crippen molar-refractivity contribution >= 4 is 17.6 Å². The maximum absolute atomic E-state index is 13.0. The molecule has 0 aliphatic carbocycles. The molecule has 0 bridgehead atoms. The standard InChI is InChI=1S/C20H22FNO3/c1-3-13(2)14-6-10-17(11-7-14)22-19(23)12-18(20(24)25)15-4-8-16(21)9-5-15/h4-11,13,18H,3,12H2,1-2H3,(H,22,23)(H,24,25)/t13-,18+/m0/s1. The molecule has 0 unspecified atom stereocenters. The summed E-state index contributed by atoms with van der Waals surface area (Å²) in [7, 11) is 0. The first-order valence-corrected chi connectivity index (χ1v) is 8.28. The fraction of sp³-hybridized carbons (Fsp3) is 0.300. The smallest absolute Gasteiger partial charge is 0.311 e. The van der Waals surface area contributed by atoms with E-state index < -0.39 is 23.6 Å².